The average molecular weight is 381 g/mol. The molecule has 1 aromatic rings. The van der Waals surface area contributed by atoms with Crippen LogP contribution in [0, 0.1) is 10.1 Å². The molecular formula is C18H27N3O6. The summed E-state index contributed by atoms with van der Waals surface area (Å²) in [5, 5.41) is 20.2. The maximum Gasteiger partial charge on any atom is 0.317 e. The van der Waals surface area contributed by atoms with Gasteiger partial charge >= 0.3 is 11.7 Å². The lowest BCUT2D eigenvalue weighted by atomic mass is 10.0. The number of carboxylic acids is 1. The monoisotopic (exact) mass is 381 g/mol. The standard InChI is InChI=1S/C18H27N3O6/c1-3-20(13-18(22)23)14-6-8-19(9-7-14)10-11-27-17-5-4-15(26-2)12-16(17)21(24)25/h4-5,12,14H,3,6-11,13H2,1-2H3,(H,22,23). The lowest BCUT2D eigenvalue weighted by Gasteiger charge is -2.37. The number of methoxy groups -OCH3 is 1. The number of benzene rings is 1. The summed E-state index contributed by atoms with van der Waals surface area (Å²) in [7, 11) is 1.46. The van der Waals surface area contributed by atoms with Crippen LogP contribution in [0.3, 0.4) is 0 Å². The van der Waals surface area contributed by atoms with Crippen LogP contribution in [0.4, 0.5) is 5.69 Å². The van der Waals surface area contributed by atoms with Crippen molar-refractivity contribution in [3.63, 3.8) is 0 Å². The van der Waals surface area contributed by atoms with Crippen LogP contribution in [0.5, 0.6) is 11.5 Å². The van der Waals surface area contributed by atoms with Gasteiger partial charge in [-0.2, -0.15) is 0 Å². The molecule has 1 aliphatic heterocycles. The molecule has 150 valence electrons. The molecule has 0 saturated carbocycles. The van der Waals surface area contributed by atoms with E-state index in [4.69, 9.17) is 14.6 Å². The summed E-state index contributed by atoms with van der Waals surface area (Å²) >= 11 is 0. The molecule has 27 heavy (non-hydrogen) atoms. The molecule has 0 aliphatic carbocycles. The molecule has 0 aromatic heterocycles. The molecule has 0 radical (unpaired) electrons. The fraction of sp³-hybridized carbons (Fsp3) is 0.611. The Morgan fingerprint density at radius 3 is 2.67 bits per heavy atom. The minimum Gasteiger partial charge on any atom is -0.496 e. The fourth-order valence-corrected chi connectivity index (χ4v) is 3.35. The van der Waals surface area contributed by atoms with Crippen LogP contribution in [0.15, 0.2) is 18.2 Å². The predicted molar refractivity (Wildman–Crippen MR) is 99.5 cm³/mol. The second kappa shape index (κ2) is 10.1. The predicted octanol–water partition coefficient (Wildman–Crippen LogP) is 1.85. The molecule has 9 nitrogen and oxygen atoms in total. The highest BCUT2D eigenvalue weighted by atomic mass is 16.6. The quantitative estimate of drug-likeness (QED) is 0.484. The molecule has 0 atom stereocenters. The van der Waals surface area contributed by atoms with Gasteiger partial charge < -0.3 is 14.6 Å². The Morgan fingerprint density at radius 1 is 1.41 bits per heavy atom. The topological polar surface area (TPSA) is 105 Å². The molecule has 1 N–H and O–H groups in total. The number of piperidine rings is 1. The molecule has 0 unspecified atom stereocenters. The lowest BCUT2D eigenvalue weighted by molar-refractivity contribution is -0.385. The summed E-state index contributed by atoms with van der Waals surface area (Å²) < 4.78 is 10.6. The van der Waals surface area contributed by atoms with Crippen LogP contribution < -0.4 is 9.47 Å². The van der Waals surface area contributed by atoms with Gasteiger partial charge in [-0.05, 0) is 44.6 Å². The van der Waals surface area contributed by atoms with E-state index < -0.39 is 10.9 Å². The Balaban J connectivity index is 1.81. The number of aliphatic carboxylic acids is 1. The largest absolute Gasteiger partial charge is 0.496 e. The summed E-state index contributed by atoms with van der Waals surface area (Å²) in [6.07, 6.45) is 1.81. The second-order valence-corrected chi connectivity index (χ2v) is 6.47. The van der Waals surface area contributed by atoms with E-state index in [2.05, 4.69) is 4.90 Å². The zero-order chi connectivity index (χ0) is 19.8. The van der Waals surface area contributed by atoms with Crippen molar-refractivity contribution in [3.05, 3.63) is 28.3 Å². The van der Waals surface area contributed by atoms with Crippen molar-refractivity contribution < 1.29 is 24.3 Å². The van der Waals surface area contributed by atoms with Crippen molar-refractivity contribution in [1.29, 1.82) is 0 Å². The van der Waals surface area contributed by atoms with Crippen molar-refractivity contribution in [1.82, 2.24) is 9.80 Å². The Morgan fingerprint density at radius 2 is 2.11 bits per heavy atom. The van der Waals surface area contributed by atoms with Gasteiger partial charge in [0.15, 0.2) is 5.75 Å². The summed E-state index contributed by atoms with van der Waals surface area (Å²) in [6.45, 7) is 5.51. The molecule has 1 aliphatic rings. The van der Waals surface area contributed by atoms with Crippen LogP contribution in [0.2, 0.25) is 0 Å². The second-order valence-electron chi connectivity index (χ2n) is 6.47. The highest BCUT2D eigenvalue weighted by molar-refractivity contribution is 5.69. The van der Waals surface area contributed by atoms with Crippen molar-refractivity contribution in [2.75, 3.05) is 46.4 Å². The van der Waals surface area contributed by atoms with E-state index in [1.54, 1.807) is 12.1 Å². The zero-order valence-electron chi connectivity index (χ0n) is 15.8. The molecule has 0 bridgehead atoms. The van der Waals surface area contributed by atoms with Crippen molar-refractivity contribution in [2.24, 2.45) is 0 Å². The van der Waals surface area contributed by atoms with Gasteiger partial charge in [0.1, 0.15) is 12.4 Å². The third-order valence-corrected chi connectivity index (χ3v) is 4.85. The van der Waals surface area contributed by atoms with Crippen molar-refractivity contribution in [2.45, 2.75) is 25.8 Å². The third-order valence-electron chi connectivity index (χ3n) is 4.85. The highest BCUT2D eigenvalue weighted by Gasteiger charge is 2.25. The van der Waals surface area contributed by atoms with Gasteiger partial charge in [0, 0.05) is 12.6 Å². The fourth-order valence-electron chi connectivity index (χ4n) is 3.35. The first-order valence-electron chi connectivity index (χ1n) is 9.08. The van der Waals surface area contributed by atoms with E-state index in [9.17, 15) is 14.9 Å². The lowest BCUT2D eigenvalue weighted by Crippen LogP contribution is -2.47. The van der Waals surface area contributed by atoms with Gasteiger partial charge in [0.05, 0.1) is 24.6 Å². The van der Waals surface area contributed by atoms with Gasteiger partial charge in [-0.3, -0.25) is 24.7 Å². The summed E-state index contributed by atoms with van der Waals surface area (Å²) in [4.78, 5) is 25.9. The number of ether oxygens (including phenoxy) is 2. The number of nitro benzene ring substituents is 1. The number of nitrogens with zero attached hydrogens (tertiary/aromatic N) is 3. The Bertz CT molecular complexity index is 646. The van der Waals surface area contributed by atoms with Gasteiger partial charge in [0.25, 0.3) is 0 Å². The SMILES string of the molecule is CCN(CC(=O)O)C1CCN(CCOc2ccc(OC)cc2[N+](=O)[O-])CC1. The van der Waals surface area contributed by atoms with Crippen LogP contribution >= 0.6 is 0 Å². The molecule has 0 spiro atoms. The minimum absolute atomic E-state index is 0.0748. The van der Waals surface area contributed by atoms with Gasteiger partial charge in [-0.1, -0.05) is 6.92 Å². The first-order chi connectivity index (χ1) is 12.9. The molecule has 9 heteroatoms. The summed E-state index contributed by atoms with van der Waals surface area (Å²) in [5.74, 6) is -0.152. The number of rotatable bonds is 10. The molecular weight excluding hydrogens is 354 g/mol. The first kappa shape index (κ1) is 20.9. The number of hydrogen-bond donors (Lipinski definition) is 1. The van der Waals surface area contributed by atoms with E-state index in [-0.39, 0.29) is 24.0 Å². The highest BCUT2D eigenvalue weighted by Crippen LogP contribution is 2.31. The normalized spacial score (nSPS) is 15.7. The number of likely N-dealkylation sites (N-methyl/N-ethyl adjacent to an activating group) is 1. The molecule has 1 heterocycles. The Kier molecular flexibility index (Phi) is 7.81. The van der Waals surface area contributed by atoms with Crippen LogP contribution in [-0.4, -0.2) is 78.3 Å². The van der Waals surface area contributed by atoms with Crippen LogP contribution in [0.1, 0.15) is 19.8 Å². The third kappa shape index (κ3) is 6.07. The summed E-state index contributed by atoms with van der Waals surface area (Å²) in [5.41, 5.74) is -0.111. The van der Waals surface area contributed by atoms with E-state index in [0.717, 1.165) is 32.5 Å². The number of carbonyl (C=O) groups is 1. The maximum absolute atomic E-state index is 11.2. The molecule has 1 saturated heterocycles. The molecule has 2 rings (SSSR count). The van der Waals surface area contributed by atoms with E-state index in [0.29, 0.717) is 18.9 Å². The number of nitro groups is 1. The molecule has 1 fully saturated rings. The Labute approximate surface area is 158 Å². The first-order valence-corrected chi connectivity index (χ1v) is 9.08. The smallest absolute Gasteiger partial charge is 0.317 e. The molecule has 1 aromatic carbocycles. The van der Waals surface area contributed by atoms with Gasteiger partial charge in [-0.25, -0.2) is 0 Å². The Hall–Kier alpha value is -2.39. The van der Waals surface area contributed by atoms with Crippen molar-refractivity contribution in [3.8, 4) is 11.5 Å². The van der Waals surface area contributed by atoms with Crippen LogP contribution in [-0.2, 0) is 4.79 Å². The average Bonchev–Trinajstić information content (AvgIpc) is 2.66. The number of carboxylic acid groups (broad SMARTS) is 1. The maximum atomic E-state index is 11.2. The van der Waals surface area contributed by atoms with E-state index >= 15 is 0 Å². The summed E-state index contributed by atoms with van der Waals surface area (Å²) in [6, 6.07) is 4.82. The minimum atomic E-state index is -0.797. The van der Waals surface area contributed by atoms with Gasteiger partial charge in [-0.15, -0.1) is 0 Å². The van der Waals surface area contributed by atoms with E-state index in [1.807, 2.05) is 11.8 Å². The van der Waals surface area contributed by atoms with Gasteiger partial charge in [0.2, 0.25) is 0 Å². The number of hydrogen-bond acceptors (Lipinski definition) is 7. The van der Waals surface area contributed by atoms with Crippen molar-refractivity contribution >= 4 is 11.7 Å². The van der Waals surface area contributed by atoms with Crippen LogP contribution in [0.25, 0.3) is 0 Å². The zero-order valence-corrected chi connectivity index (χ0v) is 15.8. The van der Waals surface area contributed by atoms with E-state index in [1.165, 1.54) is 13.2 Å². The number of likely N-dealkylation sites (tertiary alicyclic amines) is 1. The molecule has 0 amide bonds.